The van der Waals surface area contributed by atoms with Crippen LogP contribution in [0, 0.1) is 6.92 Å². The maximum Gasteiger partial charge on any atom is 0.348 e. The molecule has 1 N–H and O–H groups in total. The van der Waals surface area contributed by atoms with Crippen LogP contribution >= 0.6 is 22.9 Å². The van der Waals surface area contributed by atoms with E-state index in [1.807, 2.05) is 25.1 Å². The highest BCUT2D eigenvalue weighted by atomic mass is 35.5. The fraction of sp³-hybridized carbons (Fsp3) is 0.111. The fourth-order valence-corrected chi connectivity index (χ4v) is 3.88. The first-order valence-corrected chi connectivity index (χ1v) is 9.34. The lowest BCUT2D eigenvalue weighted by Crippen LogP contribution is -2.20. The van der Waals surface area contributed by atoms with Crippen LogP contribution in [-0.2, 0) is 9.53 Å². The molecule has 0 bridgehead atoms. The Bertz CT molecular complexity index is 1170. The zero-order chi connectivity index (χ0) is 19.7. The number of aromatic nitrogens is 3. The van der Waals surface area contributed by atoms with Gasteiger partial charge in [-0.1, -0.05) is 28.9 Å². The van der Waals surface area contributed by atoms with Gasteiger partial charge in [-0.3, -0.25) is 4.79 Å². The number of benzene rings is 1. The second-order valence-electron chi connectivity index (χ2n) is 5.79. The van der Waals surface area contributed by atoms with Crippen molar-refractivity contribution in [1.82, 2.24) is 14.9 Å². The molecular weight excluding hydrogens is 404 g/mol. The number of halogens is 1. The molecule has 4 aromatic rings. The van der Waals surface area contributed by atoms with Gasteiger partial charge in [-0.05, 0) is 25.1 Å². The van der Waals surface area contributed by atoms with Crippen molar-refractivity contribution < 1.29 is 18.8 Å². The minimum atomic E-state index is -0.596. The number of thiophene rings is 1. The zero-order valence-corrected chi connectivity index (χ0v) is 16.1. The molecule has 10 heteroatoms. The van der Waals surface area contributed by atoms with Crippen molar-refractivity contribution in [3.05, 3.63) is 58.3 Å². The predicted octanol–water partition coefficient (Wildman–Crippen LogP) is 3.83. The summed E-state index contributed by atoms with van der Waals surface area (Å²) in [6, 6.07) is 10.5. The third-order valence-electron chi connectivity index (χ3n) is 3.87. The van der Waals surface area contributed by atoms with Crippen LogP contribution in [0.5, 0.6) is 0 Å². The lowest BCUT2D eigenvalue weighted by molar-refractivity contribution is -0.119. The number of para-hydroxylation sites is 1. The number of rotatable bonds is 5. The standard InChI is InChI=1S/C18H13ClN4O4S/c1-10-11-8-14(18(25)26-9-16(24)20-15-6-7-27-22-15)28-17(11)23(21-10)13-5-3-2-4-12(13)19/h2-8H,9H2,1H3,(H,20,22,24). The van der Waals surface area contributed by atoms with Crippen molar-refractivity contribution in [2.24, 2.45) is 0 Å². The van der Waals surface area contributed by atoms with Crippen molar-refractivity contribution >= 4 is 50.8 Å². The number of esters is 1. The van der Waals surface area contributed by atoms with Crippen LogP contribution in [0.3, 0.4) is 0 Å². The average Bonchev–Trinajstić information content (AvgIpc) is 3.39. The van der Waals surface area contributed by atoms with Crippen LogP contribution in [0.15, 0.2) is 47.2 Å². The van der Waals surface area contributed by atoms with E-state index >= 15 is 0 Å². The number of ether oxygens (including phenoxy) is 1. The molecule has 142 valence electrons. The third-order valence-corrected chi connectivity index (χ3v) is 5.28. The average molecular weight is 417 g/mol. The Labute approximate surface area is 167 Å². The number of nitrogens with zero attached hydrogens (tertiary/aromatic N) is 3. The van der Waals surface area contributed by atoms with E-state index in [1.54, 1.807) is 16.8 Å². The first-order valence-electron chi connectivity index (χ1n) is 8.14. The summed E-state index contributed by atoms with van der Waals surface area (Å²) in [5.74, 6) is -0.859. The zero-order valence-electron chi connectivity index (χ0n) is 14.5. The van der Waals surface area contributed by atoms with Gasteiger partial charge in [0.2, 0.25) is 0 Å². The maximum atomic E-state index is 12.4. The molecule has 3 aromatic heterocycles. The largest absolute Gasteiger partial charge is 0.451 e. The highest BCUT2D eigenvalue weighted by Crippen LogP contribution is 2.32. The SMILES string of the molecule is Cc1nn(-c2ccccc2Cl)c2sc(C(=O)OCC(=O)Nc3ccon3)cc12. The van der Waals surface area contributed by atoms with Gasteiger partial charge in [-0.15, -0.1) is 11.3 Å². The highest BCUT2D eigenvalue weighted by molar-refractivity contribution is 7.20. The van der Waals surface area contributed by atoms with E-state index in [4.69, 9.17) is 16.3 Å². The normalized spacial score (nSPS) is 10.9. The van der Waals surface area contributed by atoms with Crippen molar-refractivity contribution in [2.75, 3.05) is 11.9 Å². The molecule has 1 aromatic carbocycles. The van der Waals surface area contributed by atoms with E-state index in [9.17, 15) is 9.59 Å². The molecule has 4 rings (SSSR count). The van der Waals surface area contributed by atoms with E-state index in [0.717, 1.165) is 21.6 Å². The topological polar surface area (TPSA) is 99.2 Å². The minimum absolute atomic E-state index is 0.248. The van der Waals surface area contributed by atoms with Crippen LogP contribution in [0.2, 0.25) is 5.02 Å². The molecule has 0 spiro atoms. The molecule has 28 heavy (non-hydrogen) atoms. The summed E-state index contributed by atoms with van der Waals surface area (Å²) in [4.78, 5) is 25.3. The number of anilines is 1. The number of fused-ring (bicyclic) bond motifs is 1. The molecule has 0 radical (unpaired) electrons. The number of aryl methyl sites for hydroxylation is 1. The molecule has 0 aliphatic carbocycles. The molecule has 3 heterocycles. The van der Waals surface area contributed by atoms with Crippen LogP contribution in [0.4, 0.5) is 5.82 Å². The monoisotopic (exact) mass is 416 g/mol. The summed E-state index contributed by atoms with van der Waals surface area (Å²) in [6.07, 6.45) is 1.32. The van der Waals surface area contributed by atoms with Gasteiger partial charge in [0.25, 0.3) is 5.91 Å². The smallest absolute Gasteiger partial charge is 0.348 e. The summed E-state index contributed by atoms with van der Waals surface area (Å²) >= 11 is 7.50. The fourth-order valence-electron chi connectivity index (χ4n) is 2.59. The lowest BCUT2D eigenvalue weighted by Gasteiger charge is -2.04. The highest BCUT2D eigenvalue weighted by Gasteiger charge is 2.19. The summed E-state index contributed by atoms with van der Waals surface area (Å²) in [5.41, 5.74) is 1.48. The second kappa shape index (κ2) is 7.45. The van der Waals surface area contributed by atoms with Crippen LogP contribution in [0.25, 0.3) is 15.9 Å². The number of nitrogens with one attached hydrogen (secondary N) is 1. The molecule has 1 amide bonds. The molecule has 0 atom stereocenters. The molecule has 0 saturated heterocycles. The molecule has 0 fully saturated rings. The van der Waals surface area contributed by atoms with Crippen LogP contribution in [-0.4, -0.2) is 33.4 Å². The molecule has 8 nitrogen and oxygen atoms in total. The first kappa shape index (κ1) is 18.2. The van der Waals surface area contributed by atoms with E-state index in [0.29, 0.717) is 9.90 Å². The van der Waals surface area contributed by atoms with Crippen LogP contribution < -0.4 is 5.32 Å². The number of hydrogen-bond donors (Lipinski definition) is 1. The van der Waals surface area contributed by atoms with Gasteiger partial charge in [0.05, 0.1) is 16.4 Å². The van der Waals surface area contributed by atoms with Gasteiger partial charge in [-0.25, -0.2) is 9.48 Å². The third kappa shape index (κ3) is 3.49. The molecule has 0 aliphatic rings. The number of carbonyl (C=O) groups is 2. The lowest BCUT2D eigenvalue weighted by atomic mass is 10.3. The van der Waals surface area contributed by atoms with Gasteiger partial charge in [-0.2, -0.15) is 5.10 Å². The Balaban J connectivity index is 1.53. The number of amides is 1. The number of hydrogen-bond acceptors (Lipinski definition) is 7. The summed E-state index contributed by atoms with van der Waals surface area (Å²) in [5, 5.41) is 11.9. The summed E-state index contributed by atoms with van der Waals surface area (Å²) < 4.78 is 11.4. The van der Waals surface area contributed by atoms with Crippen molar-refractivity contribution in [3.63, 3.8) is 0 Å². The Morgan fingerprint density at radius 1 is 1.32 bits per heavy atom. The van der Waals surface area contributed by atoms with E-state index in [1.165, 1.54) is 23.7 Å². The molecule has 0 saturated carbocycles. The van der Waals surface area contributed by atoms with E-state index < -0.39 is 18.5 Å². The Morgan fingerprint density at radius 2 is 2.14 bits per heavy atom. The van der Waals surface area contributed by atoms with Gasteiger partial charge < -0.3 is 14.6 Å². The quantitative estimate of drug-likeness (QED) is 0.496. The van der Waals surface area contributed by atoms with Gasteiger partial charge >= 0.3 is 5.97 Å². The van der Waals surface area contributed by atoms with E-state index in [-0.39, 0.29) is 5.82 Å². The molecule has 0 unspecified atom stereocenters. The molecule has 0 aliphatic heterocycles. The summed E-state index contributed by atoms with van der Waals surface area (Å²) in [6.45, 7) is 1.42. The number of carbonyl (C=O) groups excluding carboxylic acids is 2. The van der Waals surface area contributed by atoms with Crippen molar-refractivity contribution in [3.8, 4) is 5.69 Å². The second-order valence-corrected chi connectivity index (χ2v) is 7.22. The van der Waals surface area contributed by atoms with Crippen molar-refractivity contribution in [1.29, 1.82) is 0 Å². The Hall–Kier alpha value is -3.17. The maximum absolute atomic E-state index is 12.4. The van der Waals surface area contributed by atoms with Gasteiger partial charge in [0, 0.05) is 11.5 Å². The van der Waals surface area contributed by atoms with E-state index in [2.05, 4.69) is 20.1 Å². The summed E-state index contributed by atoms with van der Waals surface area (Å²) in [7, 11) is 0. The Kier molecular flexibility index (Phi) is 4.84. The van der Waals surface area contributed by atoms with Crippen LogP contribution in [0.1, 0.15) is 15.4 Å². The first-order chi connectivity index (χ1) is 13.5. The predicted molar refractivity (Wildman–Crippen MR) is 104 cm³/mol. The van der Waals surface area contributed by atoms with Gasteiger partial charge in [0.1, 0.15) is 16.0 Å². The molecular formula is C18H13ClN4O4S. The van der Waals surface area contributed by atoms with Crippen molar-refractivity contribution in [2.45, 2.75) is 6.92 Å². The minimum Gasteiger partial charge on any atom is -0.451 e. The Morgan fingerprint density at radius 3 is 2.89 bits per heavy atom. The van der Waals surface area contributed by atoms with Gasteiger partial charge in [0.15, 0.2) is 12.4 Å².